The molecule has 3 nitrogen and oxygen atoms in total. The van der Waals surface area contributed by atoms with E-state index in [1.165, 1.54) is 5.69 Å². The van der Waals surface area contributed by atoms with E-state index in [0.29, 0.717) is 5.92 Å². The number of aliphatic hydroxyl groups is 1. The summed E-state index contributed by atoms with van der Waals surface area (Å²) in [5, 5.41) is 9.84. The monoisotopic (exact) mass is 326 g/mol. The van der Waals surface area contributed by atoms with Crippen LogP contribution >= 0.6 is 15.9 Å². The molecule has 106 valence electrons. The number of halogens is 1. The van der Waals surface area contributed by atoms with Gasteiger partial charge in [0, 0.05) is 23.6 Å². The van der Waals surface area contributed by atoms with Crippen LogP contribution in [0.5, 0.6) is 0 Å². The quantitative estimate of drug-likeness (QED) is 0.894. The standard InChI is InChI=1S/C15H23BrN2O/c1-2-13(19)8-11-7-12(17)10-18(9-11)15-6-4-3-5-14(15)16/h3-6,11-13,19H,2,7-10,17H2,1H3. The van der Waals surface area contributed by atoms with E-state index in [0.717, 1.165) is 36.8 Å². The van der Waals surface area contributed by atoms with Crippen LogP contribution in [-0.2, 0) is 0 Å². The third-order valence-corrected chi connectivity index (χ3v) is 4.51. The Hall–Kier alpha value is -0.580. The molecule has 1 aromatic carbocycles. The number of nitrogens with zero attached hydrogens (tertiary/aromatic N) is 1. The van der Waals surface area contributed by atoms with Crippen LogP contribution < -0.4 is 10.6 Å². The number of para-hydroxylation sites is 1. The fraction of sp³-hybridized carbons (Fsp3) is 0.600. The summed E-state index contributed by atoms with van der Waals surface area (Å²) >= 11 is 3.60. The molecule has 1 aliphatic heterocycles. The normalized spacial score (nSPS) is 25.4. The molecule has 3 atom stereocenters. The van der Waals surface area contributed by atoms with Crippen LogP contribution in [0.15, 0.2) is 28.7 Å². The molecule has 1 aliphatic rings. The SMILES string of the molecule is CCC(O)CC1CC(N)CN(c2ccccc2Br)C1. The summed E-state index contributed by atoms with van der Waals surface area (Å²) < 4.78 is 1.11. The van der Waals surface area contributed by atoms with Crippen molar-refractivity contribution in [1.29, 1.82) is 0 Å². The van der Waals surface area contributed by atoms with Gasteiger partial charge in [0.25, 0.3) is 0 Å². The van der Waals surface area contributed by atoms with E-state index in [-0.39, 0.29) is 12.1 Å². The zero-order chi connectivity index (χ0) is 13.8. The Morgan fingerprint density at radius 2 is 2.16 bits per heavy atom. The summed E-state index contributed by atoms with van der Waals surface area (Å²) in [4.78, 5) is 2.34. The van der Waals surface area contributed by atoms with Crippen molar-refractivity contribution in [2.24, 2.45) is 11.7 Å². The van der Waals surface area contributed by atoms with Gasteiger partial charge in [0.2, 0.25) is 0 Å². The van der Waals surface area contributed by atoms with Gasteiger partial charge in [-0.05, 0) is 53.2 Å². The number of nitrogens with two attached hydrogens (primary N) is 1. The lowest BCUT2D eigenvalue weighted by molar-refractivity contribution is 0.131. The number of benzene rings is 1. The Labute approximate surface area is 123 Å². The van der Waals surface area contributed by atoms with Crippen LogP contribution in [-0.4, -0.2) is 30.3 Å². The van der Waals surface area contributed by atoms with Gasteiger partial charge >= 0.3 is 0 Å². The van der Waals surface area contributed by atoms with Crippen LogP contribution in [0.25, 0.3) is 0 Å². The van der Waals surface area contributed by atoms with Crippen LogP contribution in [0, 0.1) is 5.92 Å². The summed E-state index contributed by atoms with van der Waals surface area (Å²) in [5.74, 6) is 0.478. The van der Waals surface area contributed by atoms with Crippen LogP contribution in [0.2, 0.25) is 0 Å². The molecule has 4 heteroatoms. The highest BCUT2D eigenvalue weighted by Gasteiger charge is 2.27. The van der Waals surface area contributed by atoms with E-state index in [9.17, 15) is 5.11 Å². The van der Waals surface area contributed by atoms with Gasteiger partial charge < -0.3 is 15.7 Å². The number of rotatable bonds is 4. The summed E-state index contributed by atoms with van der Waals surface area (Å²) in [6, 6.07) is 8.45. The molecule has 2 rings (SSSR count). The maximum Gasteiger partial charge on any atom is 0.0541 e. The van der Waals surface area contributed by atoms with Crippen molar-refractivity contribution in [1.82, 2.24) is 0 Å². The van der Waals surface area contributed by atoms with Crippen molar-refractivity contribution in [2.75, 3.05) is 18.0 Å². The summed E-state index contributed by atoms with van der Waals surface area (Å²) in [6.07, 6.45) is 2.49. The first kappa shape index (κ1) is 14.8. The van der Waals surface area contributed by atoms with Gasteiger partial charge in [-0.15, -0.1) is 0 Å². The van der Waals surface area contributed by atoms with E-state index in [4.69, 9.17) is 5.73 Å². The minimum Gasteiger partial charge on any atom is -0.393 e. The van der Waals surface area contributed by atoms with Gasteiger partial charge in [0.15, 0.2) is 0 Å². The topological polar surface area (TPSA) is 49.5 Å². The average Bonchev–Trinajstić information content (AvgIpc) is 2.38. The molecule has 3 N–H and O–H groups in total. The fourth-order valence-corrected chi connectivity index (χ4v) is 3.41. The van der Waals surface area contributed by atoms with Crippen LogP contribution in [0.4, 0.5) is 5.69 Å². The number of hydrogen-bond donors (Lipinski definition) is 2. The number of anilines is 1. The number of aliphatic hydroxyl groups excluding tert-OH is 1. The van der Waals surface area contributed by atoms with Crippen LogP contribution in [0.3, 0.4) is 0 Å². The molecule has 0 aliphatic carbocycles. The predicted octanol–water partition coefficient (Wildman–Crippen LogP) is 2.76. The average molecular weight is 327 g/mol. The number of hydrogen-bond acceptors (Lipinski definition) is 3. The molecule has 0 radical (unpaired) electrons. The lowest BCUT2D eigenvalue weighted by atomic mass is 9.89. The molecule has 0 bridgehead atoms. The number of piperidine rings is 1. The van der Waals surface area contributed by atoms with Crippen molar-refractivity contribution in [3.05, 3.63) is 28.7 Å². The van der Waals surface area contributed by atoms with Crippen molar-refractivity contribution in [3.8, 4) is 0 Å². The fourth-order valence-electron chi connectivity index (χ4n) is 2.87. The minimum absolute atomic E-state index is 0.190. The molecule has 0 aromatic heterocycles. The zero-order valence-electron chi connectivity index (χ0n) is 11.4. The maximum atomic E-state index is 9.84. The Kier molecular flexibility index (Phi) is 5.25. The second-order valence-corrected chi connectivity index (χ2v) is 6.37. The van der Waals surface area contributed by atoms with Crippen molar-refractivity contribution in [3.63, 3.8) is 0 Å². The largest absolute Gasteiger partial charge is 0.393 e. The van der Waals surface area contributed by atoms with Gasteiger partial charge in [-0.3, -0.25) is 0 Å². The summed E-state index contributed by atoms with van der Waals surface area (Å²) in [6.45, 7) is 3.90. The molecule has 0 spiro atoms. The first-order valence-corrected chi connectivity index (χ1v) is 7.82. The van der Waals surface area contributed by atoms with E-state index < -0.39 is 0 Å². The molecule has 0 amide bonds. The molecular formula is C15H23BrN2O. The Morgan fingerprint density at radius 3 is 2.84 bits per heavy atom. The molecule has 19 heavy (non-hydrogen) atoms. The third-order valence-electron chi connectivity index (χ3n) is 3.84. The van der Waals surface area contributed by atoms with Gasteiger partial charge in [-0.2, -0.15) is 0 Å². The summed E-state index contributed by atoms with van der Waals surface area (Å²) in [7, 11) is 0. The smallest absolute Gasteiger partial charge is 0.0541 e. The van der Waals surface area contributed by atoms with Gasteiger partial charge in [-0.1, -0.05) is 19.1 Å². The van der Waals surface area contributed by atoms with Crippen molar-refractivity contribution in [2.45, 2.75) is 38.3 Å². The minimum atomic E-state index is -0.198. The van der Waals surface area contributed by atoms with E-state index in [1.54, 1.807) is 0 Å². The molecule has 3 unspecified atom stereocenters. The second kappa shape index (κ2) is 6.73. The van der Waals surface area contributed by atoms with Gasteiger partial charge in [-0.25, -0.2) is 0 Å². The first-order valence-electron chi connectivity index (χ1n) is 7.03. The van der Waals surface area contributed by atoms with E-state index >= 15 is 0 Å². The van der Waals surface area contributed by atoms with Gasteiger partial charge in [0.05, 0.1) is 11.8 Å². The Balaban J connectivity index is 2.07. The molecule has 1 aromatic rings. The Morgan fingerprint density at radius 1 is 1.42 bits per heavy atom. The van der Waals surface area contributed by atoms with Gasteiger partial charge in [0.1, 0.15) is 0 Å². The molecule has 0 saturated carbocycles. The van der Waals surface area contributed by atoms with Crippen molar-refractivity contribution >= 4 is 21.6 Å². The molecule has 1 fully saturated rings. The highest BCUT2D eigenvalue weighted by atomic mass is 79.9. The van der Waals surface area contributed by atoms with Crippen molar-refractivity contribution < 1.29 is 5.11 Å². The van der Waals surface area contributed by atoms with E-state index in [2.05, 4.69) is 39.0 Å². The van der Waals surface area contributed by atoms with Crippen LogP contribution in [0.1, 0.15) is 26.2 Å². The lowest BCUT2D eigenvalue weighted by Crippen LogP contribution is -2.47. The third kappa shape index (κ3) is 3.94. The molecular weight excluding hydrogens is 304 g/mol. The highest BCUT2D eigenvalue weighted by molar-refractivity contribution is 9.10. The lowest BCUT2D eigenvalue weighted by Gasteiger charge is -2.39. The summed E-state index contributed by atoms with van der Waals surface area (Å²) in [5.41, 5.74) is 7.38. The Bertz CT molecular complexity index is 413. The first-order chi connectivity index (χ1) is 9.10. The zero-order valence-corrected chi connectivity index (χ0v) is 13.0. The predicted molar refractivity (Wildman–Crippen MR) is 83.4 cm³/mol. The molecule has 1 saturated heterocycles. The molecule has 1 heterocycles. The highest BCUT2D eigenvalue weighted by Crippen LogP contribution is 2.31. The van der Waals surface area contributed by atoms with E-state index in [1.807, 2.05) is 13.0 Å². The second-order valence-electron chi connectivity index (χ2n) is 5.52. The maximum absolute atomic E-state index is 9.84.